The van der Waals surface area contributed by atoms with Crippen molar-refractivity contribution in [2.45, 2.75) is 37.5 Å². The van der Waals surface area contributed by atoms with Gasteiger partial charge in [-0.2, -0.15) is 26.3 Å². The van der Waals surface area contributed by atoms with Gasteiger partial charge in [0.1, 0.15) is 12.2 Å². The number of alkyl halides is 6. The van der Waals surface area contributed by atoms with E-state index >= 15 is 0 Å². The largest absolute Gasteiger partial charge is 0.399 e. The summed E-state index contributed by atoms with van der Waals surface area (Å²) in [6.45, 7) is 0. The Morgan fingerprint density at radius 3 is 2.06 bits per heavy atom. The van der Waals surface area contributed by atoms with Crippen molar-refractivity contribution < 1.29 is 31.1 Å². The molecule has 2 aromatic carbocycles. The van der Waals surface area contributed by atoms with Crippen molar-refractivity contribution in [3.8, 4) is 0 Å². The maximum absolute atomic E-state index is 13.5. The Morgan fingerprint density at radius 1 is 0.935 bits per heavy atom. The average Bonchev–Trinajstić information content (AvgIpc) is 2.57. The number of benzene rings is 2. The smallest absolute Gasteiger partial charge is 0.299 e. The minimum absolute atomic E-state index is 0.00999. The summed E-state index contributed by atoms with van der Waals surface area (Å²) in [5.41, 5.74) is 0.633. The fourth-order valence-electron chi connectivity index (χ4n) is 2.83. The van der Waals surface area contributed by atoms with Gasteiger partial charge in [-0.25, -0.2) is 0 Å². The number of hydrogen-bond donors (Lipinski definition) is 0. The number of Topliss-reactive ketones (excluding diaryl/α,β-unsaturated/α-hetero) is 1. The van der Waals surface area contributed by atoms with E-state index in [1.54, 1.807) is 0 Å². The van der Waals surface area contributed by atoms with Gasteiger partial charge >= 0.3 is 12.4 Å². The molecule has 0 heterocycles. The van der Waals surface area contributed by atoms with Gasteiger partial charge in [-0.15, -0.1) is 0 Å². The predicted octanol–water partition coefficient (Wildman–Crippen LogP) is 8.46. The molecule has 0 spiro atoms. The summed E-state index contributed by atoms with van der Waals surface area (Å²) in [7, 11) is 0. The summed E-state index contributed by atoms with van der Waals surface area (Å²) in [5, 5.41) is 0.270. The molecule has 0 amide bonds. The van der Waals surface area contributed by atoms with Crippen LogP contribution in [-0.2, 0) is 11.2 Å². The summed E-state index contributed by atoms with van der Waals surface area (Å²) in [4.78, 5) is 11.4. The lowest BCUT2D eigenvalue weighted by atomic mass is 9.96. The monoisotopic (exact) mass is 502 g/mol. The van der Waals surface area contributed by atoms with Crippen molar-refractivity contribution in [1.82, 2.24) is 0 Å². The molecule has 0 aliphatic carbocycles. The molecule has 0 aromatic heterocycles. The van der Waals surface area contributed by atoms with E-state index < -0.39 is 30.5 Å². The van der Waals surface area contributed by atoms with Crippen LogP contribution in [0, 0.1) is 0 Å². The maximum Gasteiger partial charge on any atom is 0.399 e. The first-order valence-corrected chi connectivity index (χ1v) is 9.96. The number of carbonyl (C=O) groups is 1. The zero-order valence-electron chi connectivity index (χ0n) is 15.6. The Labute approximate surface area is 189 Å². The third-order valence-corrected chi connectivity index (χ3v) is 5.01. The molecule has 0 saturated heterocycles. The number of aryl methyl sites for hydroxylation is 1. The third kappa shape index (κ3) is 8.39. The molecule has 0 fully saturated rings. The van der Waals surface area contributed by atoms with Gasteiger partial charge < -0.3 is 0 Å². The van der Waals surface area contributed by atoms with Crippen molar-refractivity contribution in [2.24, 2.45) is 0 Å². The summed E-state index contributed by atoms with van der Waals surface area (Å²) in [6, 6.07) is 7.96. The normalized spacial score (nSPS) is 13.6. The van der Waals surface area contributed by atoms with E-state index in [1.807, 2.05) is 0 Å². The molecule has 0 aliphatic heterocycles. The highest BCUT2D eigenvalue weighted by Crippen LogP contribution is 2.38. The first kappa shape index (κ1) is 25.6. The van der Waals surface area contributed by atoms with E-state index in [9.17, 15) is 31.1 Å². The summed E-state index contributed by atoms with van der Waals surface area (Å²) in [5.74, 6) is -2.94. The van der Waals surface area contributed by atoms with Crippen LogP contribution in [0.1, 0.15) is 35.4 Å². The zero-order chi connectivity index (χ0) is 23.4. The Balaban J connectivity index is 2.17. The molecule has 10 heteroatoms. The highest BCUT2D eigenvalue weighted by Gasteiger charge is 2.39. The number of ketones is 1. The van der Waals surface area contributed by atoms with E-state index in [4.69, 9.17) is 34.8 Å². The number of carbonyl (C=O) groups excluding carboxylic acids is 1. The molecule has 2 rings (SSSR count). The van der Waals surface area contributed by atoms with Crippen LogP contribution in [0.4, 0.5) is 26.3 Å². The molecule has 2 aromatic rings. The van der Waals surface area contributed by atoms with Gasteiger partial charge in [-0.3, -0.25) is 4.79 Å². The Bertz CT molecular complexity index is 946. The van der Waals surface area contributed by atoms with Crippen molar-refractivity contribution >= 4 is 46.7 Å². The SMILES string of the molecule is O=C(CCc1ccc(/C=C/C(c2cc(Cl)cc(Cl)c2)C(F)(F)F)cc1Cl)CC(F)(F)F. The van der Waals surface area contributed by atoms with Crippen LogP contribution >= 0.6 is 34.8 Å². The van der Waals surface area contributed by atoms with Crippen molar-refractivity contribution in [2.75, 3.05) is 0 Å². The van der Waals surface area contributed by atoms with E-state index in [0.29, 0.717) is 11.1 Å². The summed E-state index contributed by atoms with van der Waals surface area (Å²) >= 11 is 17.7. The Kier molecular flexibility index (Phi) is 8.47. The highest BCUT2D eigenvalue weighted by atomic mass is 35.5. The molecule has 0 aliphatic rings. The van der Waals surface area contributed by atoms with Crippen LogP contribution in [0.3, 0.4) is 0 Å². The Morgan fingerprint density at radius 2 is 1.55 bits per heavy atom. The van der Waals surface area contributed by atoms with Crippen molar-refractivity contribution in [3.05, 3.63) is 74.2 Å². The van der Waals surface area contributed by atoms with Gasteiger partial charge in [-0.1, -0.05) is 59.1 Å². The standard InChI is InChI=1S/C21H15Cl3F6O/c22-15-8-14(9-16(23)10-15)18(21(28,29)30)6-2-12-1-3-13(19(24)7-12)4-5-17(31)11-20(25,26)27/h1-3,6-10,18H,4-5,11H2/b6-2+. The first-order chi connectivity index (χ1) is 14.2. The van der Waals surface area contributed by atoms with Gasteiger partial charge in [0.2, 0.25) is 0 Å². The van der Waals surface area contributed by atoms with Crippen LogP contribution in [0.25, 0.3) is 6.08 Å². The first-order valence-electron chi connectivity index (χ1n) is 8.82. The molecule has 0 bridgehead atoms. The fourth-order valence-corrected chi connectivity index (χ4v) is 3.65. The Hall–Kier alpha value is -1.70. The van der Waals surface area contributed by atoms with Gasteiger partial charge in [-0.05, 0) is 47.4 Å². The molecule has 1 nitrogen and oxygen atoms in total. The molecule has 0 N–H and O–H groups in total. The van der Waals surface area contributed by atoms with Gasteiger partial charge in [0, 0.05) is 21.5 Å². The lowest BCUT2D eigenvalue weighted by Gasteiger charge is -2.18. The third-order valence-electron chi connectivity index (χ3n) is 4.23. The number of rotatable bonds is 7. The van der Waals surface area contributed by atoms with E-state index in [2.05, 4.69) is 0 Å². The second kappa shape index (κ2) is 10.3. The second-order valence-corrected chi connectivity index (χ2v) is 8.04. The molecule has 0 radical (unpaired) electrons. The van der Waals surface area contributed by atoms with Crippen LogP contribution in [-0.4, -0.2) is 18.1 Å². The number of halogens is 9. The van der Waals surface area contributed by atoms with E-state index in [0.717, 1.165) is 6.08 Å². The molecule has 1 atom stereocenters. The van der Waals surface area contributed by atoms with E-state index in [-0.39, 0.29) is 33.5 Å². The van der Waals surface area contributed by atoms with Crippen LogP contribution in [0.5, 0.6) is 0 Å². The summed E-state index contributed by atoms with van der Waals surface area (Å²) in [6.07, 6.45) is -8.90. The lowest BCUT2D eigenvalue weighted by molar-refractivity contribution is -0.152. The maximum atomic E-state index is 13.5. The van der Waals surface area contributed by atoms with Crippen LogP contribution in [0.15, 0.2) is 42.5 Å². The molecule has 31 heavy (non-hydrogen) atoms. The summed E-state index contributed by atoms with van der Waals surface area (Å²) < 4.78 is 77.2. The molecule has 0 saturated carbocycles. The topological polar surface area (TPSA) is 17.1 Å². The minimum atomic E-state index is -4.60. The lowest BCUT2D eigenvalue weighted by Crippen LogP contribution is -2.18. The van der Waals surface area contributed by atoms with Crippen LogP contribution < -0.4 is 0 Å². The highest BCUT2D eigenvalue weighted by molar-refractivity contribution is 6.34. The van der Waals surface area contributed by atoms with Gasteiger partial charge in [0.25, 0.3) is 0 Å². The number of allylic oxidation sites excluding steroid dienone is 1. The molecular formula is C21H15Cl3F6O. The van der Waals surface area contributed by atoms with Crippen molar-refractivity contribution in [3.63, 3.8) is 0 Å². The van der Waals surface area contributed by atoms with Crippen LogP contribution in [0.2, 0.25) is 15.1 Å². The van der Waals surface area contributed by atoms with Crippen molar-refractivity contribution in [1.29, 1.82) is 0 Å². The number of hydrogen-bond acceptors (Lipinski definition) is 1. The quantitative estimate of drug-likeness (QED) is 0.346. The van der Waals surface area contributed by atoms with E-state index in [1.165, 1.54) is 42.5 Å². The average molecular weight is 504 g/mol. The molecular weight excluding hydrogens is 489 g/mol. The molecule has 1 unspecified atom stereocenters. The zero-order valence-corrected chi connectivity index (χ0v) is 17.9. The minimum Gasteiger partial charge on any atom is -0.299 e. The van der Waals surface area contributed by atoms with Gasteiger partial charge in [0.05, 0.1) is 5.92 Å². The predicted molar refractivity (Wildman–Crippen MR) is 110 cm³/mol. The van der Waals surface area contributed by atoms with Gasteiger partial charge in [0.15, 0.2) is 0 Å². The fraction of sp³-hybridized carbons (Fsp3) is 0.286. The second-order valence-electron chi connectivity index (χ2n) is 6.76. The molecule has 168 valence electrons.